The largest absolute Gasteiger partial charge is 0.513 e. The summed E-state index contributed by atoms with van der Waals surface area (Å²) < 4.78 is 16.8. The Morgan fingerprint density at radius 1 is 0.966 bits per heavy atom. The van der Waals surface area contributed by atoms with E-state index in [2.05, 4.69) is 6.58 Å². The lowest BCUT2D eigenvalue weighted by atomic mass is 10.2. The molecule has 0 bridgehead atoms. The highest BCUT2D eigenvalue weighted by Crippen LogP contribution is 2.32. The van der Waals surface area contributed by atoms with Crippen LogP contribution in [-0.2, 0) is 14.3 Å². The fourth-order valence-electron chi connectivity index (χ4n) is 2.65. The van der Waals surface area contributed by atoms with E-state index in [1.807, 2.05) is 18.2 Å². The first-order valence-corrected chi connectivity index (χ1v) is 9.91. The number of carbonyl (C=O) groups excluding carboxylic acids is 2. The Morgan fingerprint density at radius 2 is 1.66 bits per heavy atom. The molecule has 0 unspecified atom stereocenters. The number of hydrogen-bond donors (Lipinski definition) is 0. The number of fused-ring (bicyclic) bond motifs is 2. The smallest absolute Gasteiger partial charge is 0.462 e. The van der Waals surface area contributed by atoms with Gasteiger partial charge in [0.15, 0.2) is 11.2 Å². The molecule has 0 amide bonds. The van der Waals surface area contributed by atoms with Gasteiger partial charge < -0.3 is 14.2 Å². The number of ether oxygens (including phenoxy) is 3. The maximum absolute atomic E-state index is 12.7. The molecule has 6 nitrogen and oxygen atoms in total. The molecule has 3 rings (SSSR count). The number of rotatable bonds is 7. The predicted molar refractivity (Wildman–Crippen MR) is 113 cm³/mol. The van der Waals surface area contributed by atoms with Crippen LogP contribution in [0, 0.1) is 0 Å². The summed E-state index contributed by atoms with van der Waals surface area (Å²) in [5.74, 6) is -0.149. The topological polar surface area (TPSA) is 78.9 Å². The van der Waals surface area contributed by atoms with E-state index in [1.54, 1.807) is 31.2 Å². The molecule has 1 aromatic heterocycles. The molecule has 0 fully saturated rings. The summed E-state index contributed by atoms with van der Waals surface area (Å²) in [6.07, 6.45) is 0.226. The molecule has 0 saturated heterocycles. The van der Waals surface area contributed by atoms with Crippen molar-refractivity contribution in [3.8, 4) is 5.75 Å². The van der Waals surface area contributed by atoms with Crippen LogP contribution in [0.3, 0.4) is 0 Å². The molecule has 0 radical (unpaired) electrons. The van der Waals surface area contributed by atoms with E-state index in [1.165, 1.54) is 11.3 Å². The number of esters is 1. The van der Waals surface area contributed by atoms with Gasteiger partial charge in [-0.05, 0) is 44.0 Å². The van der Waals surface area contributed by atoms with E-state index in [0.29, 0.717) is 33.9 Å². The lowest BCUT2D eigenvalue weighted by molar-refractivity contribution is -0.139. The lowest BCUT2D eigenvalue weighted by Gasteiger charge is -2.09. The SMILES string of the molecule is C=C(C)C(=O)OCCCCOC(=O)Oc1cccc2c(=O)c3ccccc3sc12. The van der Waals surface area contributed by atoms with Crippen LogP contribution in [0.15, 0.2) is 59.4 Å². The average Bonchev–Trinajstić information content (AvgIpc) is 2.71. The maximum Gasteiger partial charge on any atom is 0.513 e. The standard InChI is InChI=1S/C22H20O6S/c1-14(2)21(24)26-12-5-6-13-27-22(25)28-17-10-7-9-16-19(23)15-8-3-4-11-18(15)29-20(16)17/h3-4,7-11H,1,5-6,12-13H2,2H3. The van der Waals surface area contributed by atoms with Gasteiger partial charge in [0.25, 0.3) is 0 Å². The summed E-state index contributed by atoms with van der Waals surface area (Å²) in [4.78, 5) is 36.0. The molecular weight excluding hydrogens is 392 g/mol. The number of carbonyl (C=O) groups is 2. The summed E-state index contributed by atoms with van der Waals surface area (Å²) in [6.45, 7) is 5.44. The van der Waals surface area contributed by atoms with Crippen LogP contribution < -0.4 is 10.2 Å². The van der Waals surface area contributed by atoms with E-state index >= 15 is 0 Å². The monoisotopic (exact) mass is 412 g/mol. The van der Waals surface area contributed by atoms with Gasteiger partial charge in [-0.25, -0.2) is 9.59 Å². The molecule has 7 heteroatoms. The second kappa shape index (κ2) is 9.34. The normalized spacial score (nSPS) is 10.7. The van der Waals surface area contributed by atoms with Gasteiger partial charge in [-0.15, -0.1) is 11.3 Å². The Hall–Kier alpha value is -3.19. The zero-order valence-corrected chi connectivity index (χ0v) is 16.8. The van der Waals surface area contributed by atoms with Crippen molar-refractivity contribution in [3.05, 3.63) is 64.8 Å². The summed E-state index contributed by atoms with van der Waals surface area (Å²) in [5.41, 5.74) is 0.243. The van der Waals surface area contributed by atoms with Crippen molar-refractivity contribution in [1.29, 1.82) is 0 Å². The van der Waals surface area contributed by atoms with Gasteiger partial charge >= 0.3 is 12.1 Å². The summed E-state index contributed by atoms with van der Waals surface area (Å²) in [6, 6.07) is 12.3. The minimum Gasteiger partial charge on any atom is -0.462 e. The fraction of sp³-hybridized carbons (Fsp3) is 0.227. The molecule has 0 N–H and O–H groups in total. The van der Waals surface area contributed by atoms with Crippen molar-refractivity contribution >= 4 is 43.6 Å². The Balaban J connectivity index is 1.60. The van der Waals surface area contributed by atoms with Gasteiger partial charge in [0.2, 0.25) is 0 Å². The second-order valence-electron chi connectivity index (χ2n) is 6.38. The van der Waals surface area contributed by atoms with Crippen molar-refractivity contribution in [3.63, 3.8) is 0 Å². The molecule has 3 aromatic rings. The molecule has 150 valence electrons. The third-order valence-corrected chi connectivity index (χ3v) is 5.30. The highest BCUT2D eigenvalue weighted by atomic mass is 32.1. The third-order valence-electron chi connectivity index (χ3n) is 4.10. The molecule has 0 aliphatic rings. The number of benzene rings is 2. The maximum atomic E-state index is 12.7. The first kappa shape index (κ1) is 20.5. The summed E-state index contributed by atoms with van der Waals surface area (Å²) in [7, 11) is 0. The summed E-state index contributed by atoms with van der Waals surface area (Å²) in [5, 5.41) is 1.13. The third kappa shape index (κ3) is 5.00. The fourth-order valence-corrected chi connectivity index (χ4v) is 3.76. The van der Waals surface area contributed by atoms with Crippen molar-refractivity contribution in [2.45, 2.75) is 19.8 Å². The quantitative estimate of drug-likeness (QED) is 0.182. The van der Waals surface area contributed by atoms with Crippen LogP contribution >= 0.6 is 11.3 Å². The van der Waals surface area contributed by atoms with Crippen molar-refractivity contribution in [2.24, 2.45) is 0 Å². The van der Waals surface area contributed by atoms with Crippen LogP contribution in [0.25, 0.3) is 20.2 Å². The number of unbranched alkanes of at least 4 members (excludes halogenated alkanes) is 1. The Kier molecular flexibility index (Phi) is 6.61. The van der Waals surface area contributed by atoms with Gasteiger partial charge in [-0.3, -0.25) is 4.79 Å². The Bertz CT molecular complexity index is 1130. The second-order valence-corrected chi connectivity index (χ2v) is 7.44. The molecule has 2 aromatic carbocycles. The van der Waals surface area contributed by atoms with E-state index in [9.17, 15) is 14.4 Å². The molecule has 0 aliphatic carbocycles. The first-order chi connectivity index (χ1) is 14.0. The Labute approximate surface area is 171 Å². The predicted octanol–water partition coefficient (Wildman–Crippen LogP) is 4.83. The highest BCUT2D eigenvalue weighted by Gasteiger charge is 2.13. The van der Waals surface area contributed by atoms with E-state index < -0.39 is 12.1 Å². The van der Waals surface area contributed by atoms with Crippen LogP contribution in [0.1, 0.15) is 19.8 Å². The molecule has 0 spiro atoms. The molecule has 1 heterocycles. The van der Waals surface area contributed by atoms with Gasteiger partial charge in [-0.2, -0.15) is 0 Å². The first-order valence-electron chi connectivity index (χ1n) is 9.09. The van der Waals surface area contributed by atoms with E-state index in [0.717, 1.165) is 4.70 Å². The van der Waals surface area contributed by atoms with E-state index in [4.69, 9.17) is 14.2 Å². The Morgan fingerprint density at radius 3 is 2.41 bits per heavy atom. The van der Waals surface area contributed by atoms with Gasteiger partial charge in [0.1, 0.15) is 0 Å². The van der Waals surface area contributed by atoms with Crippen molar-refractivity contribution in [1.82, 2.24) is 0 Å². The molecule has 29 heavy (non-hydrogen) atoms. The van der Waals surface area contributed by atoms with Gasteiger partial charge in [0.05, 0.1) is 17.9 Å². The minimum absolute atomic E-state index is 0.0996. The number of hydrogen-bond acceptors (Lipinski definition) is 7. The van der Waals surface area contributed by atoms with Crippen LogP contribution in [-0.4, -0.2) is 25.3 Å². The van der Waals surface area contributed by atoms with Gasteiger partial charge in [-0.1, -0.05) is 24.8 Å². The van der Waals surface area contributed by atoms with Crippen LogP contribution in [0.4, 0.5) is 4.79 Å². The lowest BCUT2D eigenvalue weighted by Crippen LogP contribution is -2.13. The molecule has 0 aliphatic heterocycles. The van der Waals surface area contributed by atoms with Crippen molar-refractivity contribution < 1.29 is 23.8 Å². The van der Waals surface area contributed by atoms with Crippen molar-refractivity contribution in [2.75, 3.05) is 13.2 Å². The van der Waals surface area contributed by atoms with Gasteiger partial charge in [0, 0.05) is 21.0 Å². The van der Waals surface area contributed by atoms with Crippen LogP contribution in [0.5, 0.6) is 5.75 Å². The minimum atomic E-state index is -0.843. The molecular formula is C22H20O6S. The molecule has 0 atom stereocenters. The highest BCUT2D eigenvalue weighted by molar-refractivity contribution is 7.24. The van der Waals surface area contributed by atoms with E-state index in [-0.39, 0.29) is 24.4 Å². The average molecular weight is 412 g/mol. The zero-order valence-electron chi connectivity index (χ0n) is 15.9. The molecule has 0 saturated carbocycles. The summed E-state index contributed by atoms with van der Waals surface area (Å²) >= 11 is 1.39. The zero-order chi connectivity index (χ0) is 20.8. The van der Waals surface area contributed by atoms with Crippen LogP contribution in [0.2, 0.25) is 0 Å².